The van der Waals surface area contributed by atoms with E-state index in [0.29, 0.717) is 0 Å². The topological polar surface area (TPSA) is 62.0 Å². The van der Waals surface area contributed by atoms with E-state index in [1.807, 2.05) is 13.0 Å². The maximum Gasteiger partial charge on any atom is 0.137 e. The molecule has 0 radical (unpaired) electrons. The van der Waals surface area contributed by atoms with E-state index < -0.39 is 0 Å². The van der Waals surface area contributed by atoms with Crippen LogP contribution in [-0.4, -0.2) is 77.6 Å². The summed E-state index contributed by atoms with van der Waals surface area (Å²) in [4.78, 5) is 4.88. The van der Waals surface area contributed by atoms with Crippen molar-refractivity contribution in [3.05, 3.63) is 17.5 Å². The number of aryl methyl sites for hydroxylation is 1. The van der Waals surface area contributed by atoms with Gasteiger partial charge in [0.05, 0.1) is 25.0 Å². The van der Waals surface area contributed by atoms with Crippen LogP contribution in [0.5, 0.6) is 0 Å². The first-order valence-electron chi connectivity index (χ1n) is 8.59. The van der Waals surface area contributed by atoms with Crippen LogP contribution in [0.4, 0.5) is 0 Å². The van der Waals surface area contributed by atoms with Crippen LogP contribution in [0.3, 0.4) is 0 Å². The van der Waals surface area contributed by atoms with E-state index in [2.05, 4.69) is 28.8 Å². The van der Waals surface area contributed by atoms with Crippen molar-refractivity contribution in [3.8, 4) is 0 Å². The lowest BCUT2D eigenvalue weighted by Gasteiger charge is -2.42. The number of β-amino-alcohol motifs (C(OH)–C–C–N with tert-alkyl or cyclic N) is 1. The van der Waals surface area contributed by atoms with Gasteiger partial charge in [-0.25, -0.2) is 0 Å². The molecule has 6 nitrogen and oxygen atoms in total. The summed E-state index contributed by atoms with van der Waals surface area (Å²) < 4.78 is 10.8. The minimum Gasteiger partial charge on any atom is -0.391 e. The van der Waals surface area contributed by atoms with E-state index in [1.54, 1.807) is 0 Å². The van der Waals surface area contributed by atoms with E-state index in [4.69, 9.17) is 9.26 Å². The van der Waals surface area contributed by atoms with Crippen molar-refractivity contribution in [2.24, 2.45) is 5.92 Å². The molecule has 3 rings (SSSR count). The highest BCUT2D eigenvalue weighted by molar-refractivity contribution is 5.05. The second kappa shape index (κ2) is 6.89. The zero-order valence-electron chi connectivity index (χ0n) is 14.5. The Labute approximate surface area is 138 Å². The van der Waals surface area contributed by atoms with Gasteiger partial charge >= 0.3 is 0 Å². The molecule has 6 heteroatoms. The number of rotatable bonds is 5. The highest BCUT2D eigenvalue weighted by atomic mass is 16.5. The zero-order chi connectivity index (χ0) is 16.4. The molecule has 0 saturated carbocycles. The standard InChI is InChI=1S/C17H29N3O3/c1-13-8-15(23-18-13)9-14-10-19(11-16(14)21)12-17(2,3)20-4-6-22-7-5-20/h8,14,16,21H,4-7,9-12H2,1-3H3/t14-,16+/m1/s1. The van der Waals surface area contributed by atoms with Crippen LogP contribution in [0, 0.1) is 12.8 Å². The quantitative estimate of drug-likeness (QED) is 0.870. The van der Waals surface area contributed by atoms with Crippen molar-refractivity contribution >= 4 is 0 Å². The Hall–Kier alpha value is -0.950. The molecule has 2 saturated heterocycles. The molecule has 0 bridgehead atoms. The Morgan fingerprint density at radius 3 is 2.70 bits per heavy atom. The van der Waals surface area contributed by atoms with Crippen molar-refractivity contribution in [1.29, 1.82) is 0 Å². The molecular weight excluding hydrogens is 294 g/mol. The number of aliphatic hydroxyl groups excluding tert-OH is 1. The molecule has 0 aliphatic carbocycles. The van der Waals surface area contributed by atoms with Gasteiger partial charge in [0.2, 0.25) is 0 Å². The largest absolute Gasteiger partial charge is 0.391 e. The third kappa shape index (κ3) is 4.12. The van der Waals surface area contributed by atoms with Crippen LogP contribution < -0.4 is 0 Å². The van der Waals surface area contributed by atoms with Gasteiger partial charge in [0.15, 0.2) is 0 Å². The Balaban J connectivity index is 1.55. The summed E-state index contributed by atoms with van der Waals surface area (Å²) >= 11 is 0. The Bertz CT molecular complexity index is 511. The summed E-state index contributed by atoms with van der Waals surface area (Å²) in [6.07, 6.45) is 0.470. The smallest absolute Gasteiger partial charge is 0.137 e. The maximum atomic E-state index is 10.4. The second-order valence-corrected chi connectivity index (χ2v) is 7.57. The zero-order valence-corrected chi connectivity index (χ0v) is 14.5. The molecule has 2 aliphatic heterocycles. The fourth-order valence-corrected chi connectivity index (χ4v) is 3.86. The monoisotopic (exact) mass is 323 g/mol. The van der Waals surface area contributed by atoms with E-state index in [0.717, 1.165) is 63.8 Å². The van der Waals surface area contributed by atoms with Gasteiger partial charge in [-0.3, -0.25) is 9.80 Å². The van der Waals surface area contributed by atoms with Crippen LogP contribution in [0.1, 0.15) is 25.3 Å². The van der Waals surface area contributed by atoms with Crippen LogP contribution in [0.2, 0.25) is 0 Å². The highest BCUT2D eigenvalue weighted by Gasteiger charge is 2.37. The summed E-state index contributed by atoms with van der Waals surface area (Å²) in [6.45, 7) is 12.7. The van der Waals surface area contributed by atoms with Crippen molar-refractivity contribution in [2.45, 2.75) is 38.8 Å². The fourth-order valence-electron chi connectivity index (χ4n) is 3.86. The highest BCUT2D eigenvalue weighted by Crippen LogP contribution is 2.25. The first kappa shape index (κ1) is 16.9. The predicted molar refractivity (Wildman–Crippen MR) is 87.4 cm³/mol. The van der Waals surface area contributed by atoms with Gasteiger partial charge in [-0.1, -0.05) is 5.16 Å². The second-order valence-electron chi connectivity index (χ2n) is 7.57. The molecule has 1 aromatic rings. The summed E-state index contributed by atoms with van der Waals surface area (Å²) in [5, 5.41) is 14.3. The minimum absolute atomic E-state index is 0.0984. The van der Waals surface area contributed by atoms with Crippen molar-refractivity contribution in [3.63, 3.8) is 0 Å². The first-order valence-corrected chi connectivity index (χ1v) is 8.59. The number of hydrogen-bond acceptors (Lipinski definition) is 6. The van der Waals surface area contributed by atoms with Gasteiger partial charge in [-0.05, 0) is 20.8 Å². The number of aromatic nitrogens is 1. The van der Waals surface area contributed by atoms with Gasteiger partial charge in [0, 0.05) is 56.7 Å². The number of nitrogens with zero attached hydrogens (tertiary/aromatic N) is 3. The average Bonchev–Trinajstić information content (AvgIpc) is 3.06. The van der Waals surface area contributed by atoms with Crippen molar-refractivity contribution in [2.75, 3.05) is 45.9 Å². The summed E-state index contributed by atoms with van der Waals surface area (Å²) in [5.41, 5.74) is 0.999. The van der Waals surface area contributed by atoms with Gasteiger partial charge in [-0.15, -0.1) is 0 Å². The number of aliphatic hydroxyl groups is 1. The number of likely N-dealkylation sites (tertiary alicyclic amines) is 1. The average molecular weight is 323 g/mol. The molecule has 0 amide bonds. The SMILES string of the molecule is Cc1cc(C[C@@H]2CN(CC(C)(C)N3CCOCC3)C[C@@H]2O)on1. The van der Waals surface area contributed by atoms with Crippen LogP contribution in [0.25, 0.3) is 0 Å². The molecule has 23 heavy (non-hydrogen) atoms. The lowest BCUT2D eigenvalue weighted by Crippen LogP contribution is -2.55. The number of morpholine rings is 1. The molecule has 2 atom stereocenters. The van der Waals surface area contributed by atoms with E-state index in [1.165, 1.54) is 0 Å². The minimum atomic E-state index is -0.291. The predicted octanol–water partition coefficient (Wildman–Crippen LogP) is 0.929. The van der Waals surface area contributed by atoms with Gasteiger partial charge < -0.3 is 14.4 Å². The lowest BCUT2D eigenvalue weighted by molar-refractivity contribution is -0.0205. The molecule has 2 fully saturated rings. The number of hydrogen-bond donors (Lipinski definition) is 1. The molecule has 3 heterocycles. The Kier molecular flexibility index (Phi) is 5.06. The molecule has 0 unspecified atom stereocenters. The Morgan fingerprint density at radius 1 is 1.30 bits per heavy atom. The van der Waals surface area contributed by atoms with Crippen LogP contribution >= 0.6 is 0 Å². The van der Waals surface area contributed by atoms with Crippen LogP contribution in [0.15, 0.2) is 10.6 Å². The first-order chi connectivity index (χ1) is 10.9. The number of ether oxygens (including phenoxy) is 1. The molecule has 1 aromatic heterocycles. The molecular formula is C17H29N3O3. The molecule has 130 valence electrons. The van der Waals surface area contributed by atoms with Gasteiger partial charge in [0.1, 0.15) is 5.76 Å². The van der Waals surface area contributed by atoms with Crippen LogP contribution in [-0.2, 0) is 11.2 Å². The fraction of sp³-hybridized carbons (Fsp3) is 0.824. The maximum absolute atomic E-state index is 10.4. The summed E-state index contributed by atoms with van der Waals surface area (Å²) in [7, 11) is 0. The normalized spacial score (nSPS) is 27.7. The third-order valence-corrected chi connectivity index (χ3v) is 5.10. The van der Waals surface area contributed by atoms with E-state index >= 15 is 0 Å². The van der Waals surface area contributed by atoms with Crippen molar-refractivity contribution in [1.82, 2.24) is 15.0 Å². The molecule has 0 spiro atoms. The van der Waals surface area contributed by atoms with E-state index in [9.17, 15) is 5.11 Å². The Morgan fingerprint density at radius 2 is 2.04 bits per heavy atom. The summed E-state index contributed by atoms with van der Waals surface area (Å²) in [5.74, 6) is 1.10. The molecule has 0 aromatic carbocycles. The molecule has 1 N–H and O–H groups in total. The van der Waals surface area contributed by atoms with E-state index in [-0.39, 0.29) is 17.6 Å². The third-order valence-electron chi connectivity index (χ3n) is 5.10. The van der Waals surface area contributed by atoms with Crippen molar-refractivity contribution < 1.29 is 14.4 Å². The van der Waals surface area contributed by atoms with Gasteiger partial charge in [-0.2, -0.15) is 0 Å². The van der Waals surface area contributed by atoms with Gasteiger partial charge in [0.25, 0.3) is 0 Å². The lowest BCUT2D eigenvalue weighted by atomic mass is 10.00. The summed E-state index contributed by atoms with van der Waals surface area (Å²) in [6, 6.07) is 1.97. The molecule has 2 aliphatic rings.